The molecule has 1 amide bonds. The summed E-state index contributed by atoms with van der Waals surface area (Å²) in [5.74, 6) is 0.495. The molecule has 0 bridgehead atoms. The molecule has 0 fully saturated rings. The average Bonchev–Trinajstić information content (AvgIpc) is 2.65. The summed E-state index contributed by atoms with van der Waals surface area (Å²) in [5, 5.41) is 2.94. The van der Waals surface area contributed by atoms with Crippen LogP contribution in [0.3, 0.4) is 0 Å². The number of hydrogen-bond donors (Lipinski definition) is 1. The Kier molecular flexibility index (Phi) is 5.69. The van der Waals surface area contributed by atoms with Crippen LogP contribution < -0.4 is 10.9 Å². The Morgan fingerprint density at radius 3 is 2.52 bits per heavy atom. The molecule has 5 nitrogen and oxygen atoms in total. The van der Waals surface area contributed by atoms with Crippen LogP contribution in [0.5, 0.6) is 0 Å². The fourth-order valence-electron chi connectivity index (χ4n) is 3.00. The Bertz CT molecular complexity index is 1000. The van der Waals surface area contributed by atoms with Gasteiger partial charge >= 0.3 is 0 Å². The molecule has 0 aliphatic heterocycles. The third-order valence-electron chi connectivity index (χ3n) is 4.58. The monoisotopic (exact) mass is 363 g/mol. The molecule has 0 saturated heterocycles. The first-order valence-corrected chi connectivity index (χ1v) is 9.29. The fraction of sp³-hybridized carbons (Fsp3) is 0.318. The van der Waals surface area contributed by atoms with Crippen LogP contribution in [0.15, 0.2) is 53.3 Å². The van der Waals surface area contributed by atoms with Crippen molar-refractivity contribution in [2.24, 2.45) is 5.92 Å². The van der Waals surface area contributed by atoms with Gasteiger partial charge in [0.2, 0.25) is 0 Å². The van der Waals surface area contributed by atoms with Gasteiger partial charge in [0.15, 0.2) is 0 Å². The number of aromatic nitrogens is 2. The molecule has 0 radical (unpaired) electrons. The number of benzene rings is 2. The molecule has 0 aliphatic rings. The number of carbonyl (C=O) groups excluding carboxylic acids is 1. The lowest BCUT2D eigenvalue weighted by molar-refractivity contribution is 0.0952. The van der Waals surface area contributed by atoms with Crippen molar-refractivity contribution in [2.45, 2.75) is 33.7 Å². The number of aryl methyl sites for hydroxylation is 1. The van der Waals surface area contributed by atoms with Crippen LogP contribution in [0.4, 0.5) is 0 Å². The predicted molar refractivity (Wildman–Crippen MR) is 108 cm³/mol. The Hall–Kier alpha value is -2.95. The highest BCUT2D eigenvalue weighted by atomic mass is 16.1. The van der Waals surface area contributed by atoms with Crippen molar-refractivity contribution in [2.75, 3.05) is 6.54 Å². The van der Waals surface area contributed by atoms with E-state index in [2.05, 4.69) is 24.1 Å². The number of carbonyl (C=O) groups is 1. The van der Waals surface area contributed by atoms with Gasteiger partial charge in [0.1, 0.15) is 5.69 Å². The Morgan fingerprint density at radius 1 is 1.11 bits per heavy atom. The second-order valence-electron chi connectivity index (χ2n) is 7.21. The Morgan fingerprint density at radius 2 is 1.81 bits per heavy atom. The molecule has 1 aromatic heterocycles. The van der Waals surface area contributed by atoms with Gasteiger partial charge in [0.25, 0.3) is 11.5 Å². The van der Waals surface area contributed by atoms with E-state index in [0.717, 1.165) is 23.0 Å². The Labute approximate surface area is 159 Å². The molecule has 3 rings (SSSR count). The van der Waals surface area contributed by atoms with Crippen LogP contribution in [0, 0.1) is 12.8 Å². The van der Waals surface area contributed by atoms with E-state index in [1.54, 1.807) is 23.6 Å². The van der Waals surface area contributed by atoms with Crippen LogP contribution >= 0.6 is 0 Å². The summed E-state index contributed by atoms with van der Waals surface area (Å²) < 4.78 is 1.73. The fourth-order valence-corrected chi connectivity index (χ4v) is 3.00. The minimum Gasteiger partial charge on any atom is -0.352 e. The van der Waals surface area contributed by atoms with Gasteiger partial charge in [-0.3, -0.25) is 9.59 Å². The number of nitrogens with one attached hydrogen (secondary N) is 1. The van der Waals surface area contributed by atoms with Crippen LogP contribution in [-0.4, -0.2) is 22.0 Å². The zero-order chi connectivity index (χ0) is 19.4. The molecule has 27 heavy (non-hydrogen) atoms. The summed E-state index contributed by atoms with van der Waals surface area (Å²) >= 11 is 0. The van der Waals surface area contributed by atoms with Gasteiger partial charge in [-0.2, -0.15) is 0 Å². The molecule has 0 saturated carbocycles. The SMILES string of the molecule is Cc1nc2ccccc2n(Cc2ccc(C(=O)NCCC(C)C)cc2)c1=O. The smallest absolute Gasteiger partial charge is 0.272 e. The molecular weight excluding hydrogens is 338 g/mol. The summed E-state index contributed by atoms with van der Waals surface area (Å²) in [6.07, 6.45) is 0.960. The third-order valence-corrected chi connectivity index (χ3v) is 4.58. The van der Waals surface area contributed by atoms with Crippen LogP contribution in [0.2, 0.25) is 0 Å². The van der Waals surface area contributed by atoms with E-state index in [4.69, 9.17) is 0 Å². The number of para-hydroxylation sites is 2. The lowest BCUT2D eigenvalue weighted by Crippen LogP contribution is -2.26. The van der Waals surface area contributed by atoms with Crippen LogP contribution in [-0.2, 0) is 6.54 Å². The van der Waals surface area contributed by atoms with Crippen molar-refractivity contribution < 1.29 is 4.79 Å². The normalized spacial score (nSPS) is 11.1. The maximum absolute atomic E-state index is 12.6. The number of nitrogens with zero attached hydrogens (tertiary/aromatic N) is 2. The first-order chi connectivity index (χ1) is 13.0. The van der Waals surface area contributed by atoms with Crippen molar-refractivity contribution in [1.29, 1.82) is 0 Å². The standard InChI is InChI=1S/C22H25N3O2/c1-15(2)12-13-23-21(26)18-10-8-17(9-11-18)14-25-20-7-5-4-6-19(20)24-16(3)22(25)27/h4-11,15H,12-14H2,1-3H3,(H,23,26). The highest BCUT2D eigenvalue weighted by Gasteiger charge is 2.09. The number of amides is 1. The van der Waals surface area contributed by atoms with Gasteiger partial charge in [-0.25, -0.2) is 4.98 Å². The summed E-state index contributed by atoms with van der Waals surface area (Å²) in [5.41, 5.74) is 3.59. The second kappa shape index (κ2) is 8.16. The van der Waals surface area contributed by atoms with E-state index < -0.39 is 0 Å². The first-order valence-electron chi connectivity index (χ1n) is 9.29. The van der Waals surface area contributed by atoms with Gasteiger partial charge in [0.05, 0.1) is 17.6 Å². The second-order valence-corrected chi connectivity index (χ2v) is 7.21. The predicted octanol–water partition coefficient (Wildman–Crippen LogP) is 3.53. The van der Waals surface area contributed by atoms with Crippen molar-refractivity contribution in [1.82, 2.24) is 14.9 Å². The molecular formula is C22H25N3O2. The first kappa shape index (κ1) is 18.8. The van der Waals surface area contributed by atoms with Crippen molar-refractivity contribution in [3.8, 4) is 0 Å². The highest BCUT2D eigenvalue weighted by molar-refractivity contribution is 5.94. The van der Waals surface area contributed by atoms with Gasteiger partial charge < -0.3 is 9.88 Å². The average molecular weight is 363 g/mol. The zero-order valence-corrected chi connectivity index (χ0v) is 16.0. The van der Waals surface area contributed by atoms with Crippen LogP contribution in [0.25, 0.3) is 11.0 Å². The summed E-state index contributed by atoms with van der Waals surface area (Å²) in [6.45, 7) is 7.12. The van der Waals surface area contributed by atoms with E-state index in [-0.39, 0.29) is 11.5 Å². The third kappa shape index (κ3) is 4.42. The van der Waals surface area contributed by atoms with E-state index in [1.165, 1.54) is 0 Å². The minimum atomic E-state index is -0.0933. The summed E-state index contributed by atoms with van der Waals surface area (Å²) in [4.78, 5) is 29.1. The van der Waals surface area contributed by atoms with Gasteiger partial charge in [-0.15, -0.1) is 0 Å². The van der Waals surface area contributed by atoms with Crippen molar-refractivity contribution in [3.05, 3.63) is 75.7 Å². The molecule has 3 aromatic rings. The lowest BCUT2D eigenvalue weighted by atomic mass is 10.1. The molecule has 5 heteroatoms. The van der Waals surface area contributed by atoms with E-state index in [9.17, 15) is 9.59 Å². The molecule has 1 N–H and O–H groups in total. The van der Waals surface area contributed by atoms with Gasteiger partial charge in [-0.1, -0.05) is 38.1 Å². The molecule has 0 spiro atoms. The quantitative estimate of drug-likeness (QED) is 0.729. The molecule has 2 aromatic carbocycles. The molecule has 1 heterocycles. The maximum atomic E-state index is 12.6. The maximum Gasteiger partial charge on any atom is 0.272 e. The van der Waals surface area contributed by atoms with E-state index >= 15 is 0 Å². The molecule has 0 atom stereocenters. The molecule has 0 aliphatic carbocycles. The van der Waals surface area contributed by atoms with Crippen molar-refractivity contribution >= 4 is 16.9 Å². The minimum absolute atomic E-state index is 0.0652. The van der Waals surface area contributed by atoms with Crippen molar-refractivity contribution in [3.63, 3.8) is 0 Å². The summed E-state index contributed by atoms with van der Waals surface area (Å²) in [6, 6.07) is 15.0. The Balaban J connectivity index is 1.80. The lowest BCUT2D eigenvalue weighted by Gasteiger charge is -2.12. The highest BCUT2D eigenvalue weighted by Crippen LogP contribution is 2.13. The topological polar surface area (TPSA) is 64.0 Å². The van der Waals surface area contributed by atoms with E-state index in [0.29, 0.717) is 30.3 Å². The number of fused-ring (bicyclic) bond motifs is 1. The summed E-state index contributed by atoms with van der Waals surface area (Å²) in [7, 11) is 0. The van der Waals surface area contributed by atoms with Gasteiger partial charge in [-0.05, 0) is 49.1 Å². The number of hydrogen-bond acceptors (Lipinski definition) is 3. The number of rotatable bonds is 6. The molecule has 140 valence electrons. The molecule has 0 unspecified atom stereocenters. The van der Waals surface area contributed by atoms with Gasteiger partial charge in [0, 0.05) is 12.1 Å². The largest absolute Gasteiger partial charge is 0.352 e. The zero-order valence-electron chi connectivity index (χ0n) is 16.0. The van der Waals surface area contributed by atoms with Crippen LogP contribution in [0.1, 0.15) is 41.9 Å². The van der Waals surface area contributed by atoms with E-state index in [1.807, 2.05) is 36.4 Å².